The average Bonchev–Trinajstić information content (AvgIpc) is 3.20. The van der Waals surface area contributed by atoms with Gasteiger partial charge in [-0.1, -0.05) is 30.0 Å². The Morgan fingerprint density at radius 3 is 2.88 bits per heavy atom. The van der Waals surface area contributed by atoms with E-state index < -0.39 is 18.6 Å². The predicted molar refractivity (Wildman–Crippen MR) is 89.6 cm³/mol. The van der Waals surface area contributed by atoms with E-state index in [1.54, 1.807) is 6.07 Å². The lowest BCUT2D eigenvalue weighted by molar-refractivity contribution is -0.161. The molecule has 1 amide bonds. The monoisotopic (exact) mass is 394 g/mol. The Morgan fingerprint density at radius 1 is 1.44 bits per heavy atom. The summed E-state index contributed by atoms with van der Waals surface area (Å²) in [6, 6.07) is 3.09. The number of amides is 1. The number of alkyl halides is 3. The number of furan rings is 1. The summed E-state index contributed by atoms with van der Waals surface area (Å²) >= 11 is 2.33. The third kappa shape index (κ3) is 6.94. The van der Waals surface area contributed by atoms with Gasteiger partial charge in [-0.05, 0) is 18.6 Å². The molecular weight excluding hydrogens is 377 g/mol. The Morgan fingerprint density at radius 2 is 2.24 bits per heavy atom. The van der Waals surface area contributed by atoms with Crippen LogP contribution in [0.3, 0.4) is 0 Å². The third-order valence-electron chi connectivity index (χ3n) is 2.90. The van der Waals surface area contributed by atoms with Gasteiger partial charge in [-0.2, -0.15) is 13.2 Å². The molecule has 0 aliphatic rings. The first-order valence-electron chi connectivity index (χ1n) is 7.44. The lowest BCUT2D eigenvalue weighted by Crippen LogP contribution is -2.39. The summed E-state index contributed by atoms with van der Waals surface area (Å²) in [5.74, 6) is -0.499. The maximum Gasteiger partial charge on any atom is 0.406 e. The van der Waals surface area contributed by atoms with Gasteiger partial charge in [0, 0.05) is 6.54 Å². The van der Waals surface area contributed by atoms with Crippen molar-refractivity contribution in [1.29, 1.82) is 0 Å². The highest BCUT2D eigenvalue weighted by atomic mass is 32.2. The lowest BCUT2D eigenvalue weighted by Gasteiger charge is -2.22. The van der Waals surface area contributed by atoms with E-state index in [0.717, 1.165) is 29.6 Å². The van der Waals surface area contributed by atoms with E-state index >= 15 is 0 Å². The second-order valence-electron chi connectivity index (χ2n) is 5.03. The zero-order valence-corrected chi connectivity index (χ0v) is 15.0. The fourth-order valence-electron chi connectivity index (χ4n) is 1.83. The van der Waals surface area contributed by atoms with E-state index in [1.165, 1.54) is 23.7 Å². The first-order valence-corrected chi connectivity index (χ1v) is 9.24. The molecule has 11 heteroatoms. The summed E-state index contributed by atoms with van der Waals surface area (Å²) in [4.78, 5) is 12.9. The number of thioether (sulfide) groups is 1. The molecule has 0 atom stereocenters. The SMILES string of the molecule is CCCNc1nnc(SCC(=O)N(Cc2ccco2)CC(F)(F)F)s1. The van der Waals surface area contributed by atoms with Gasteiger partial charge in [0.15, 0.2) is 4.34 Å². The number of anilines is 1. The number of hydrogen-bond acceptors (Lipinski definition) is 7. The zero-order chi connectivity index (χ0) is 18.3. The molecule has 138 valence electrons. The zero-order valence-electron chi connectivity index (χ0n) is 13.4. The van der Waals surface area contributed by atoms with Crippen LogP contribution in [0.5, 0.6) is 0 Å². The first-order chi connectivity index (χ1) is 11.9. The van der Waals surface area contributed by atoms with Crippen molar-refractivity contribution < 1.29 is 22.4 Å². The average molecular weight is 394 g/mol. The minimum absolute atomic E-state index is 0.154. The molecule has 0 saturated carbocycles. The summed E-state index contributed by atoms with van der Waals surface area (Å²) in [7, 11) is 0. The summed E-state index contributed by atoms with van der Waals surface area (Å²) in [6.45, 7) is 1.20. The Hall–Kier alpha value is -1.75. The van der Waals surface area contributed by atoms with E-state index in [2.05, 4.69) is 15.5 Å². The molecule has 2 aromatic rings. The molecule has 6 nitrogen and oxygen atoms in total. The van der Waals surface area contributed by atoms with Gasteiger partial charge in [-0.15, -0.1) is 10.2 Å². The van der Waals surface area contributed by atoms with Crippen LogP contribution in [-0.4, -0.2) is 46.0 Å². The van der Waals surface area contributed by atoms with Crippen molar-refractivity contribution in [3.05, 3.63) is 24.2 Å². The molecule has 0 aliphatic heterocycles. The van der Waals surface area contributed by atoms with Crippen molar-refractivity contribution in [2.45, 2.75) is 30.4 Å². The molecule has 0 aromatic carbocycles. The minimum Gasteiger partial charge on any atom is -0.467 e. The first kappa shape index (κ1) is 19.6. The highest BCUT2D eigenvalue weighted by molar-refractivity contribution is 8.01. The molecule has 1 N–H and O–H groups in total. The summed E-state index contributed by atoms with van der Waals surface area (Å²) in [5.41, 5.74) is 0. The largest absolute Gasteiger partial charge is 0.467 e. The van der Waals surface area contributed by atoms with Gasteiger partial charge in [0.05, 0.1) is 18.6 Å². The number of rotatable bonds is 9. The molecule has 2 rings (SSSR count). The quantitative estimate of drug-likeness (QED) is 0.655. The third-order valence-corrected chi connectivity index (χ3v) is 4.90. The molecule has 0 unspecified atom stereocenters. The standard InChI is InChI=1S/C14H17F3N4O2S2/c1-2-5-18-12-19-20-13(25-12)24-8-11(22)21(9-14(15,16)17)7-10-4-3-6-23-10/h3-4,6H,2,5,7-9H2,1H3,(H,18,19). The van der Waals surface area contributed by atoms with Crippen LogP contribution in [0.1, 0.15) is 19.1 Å². The van der Waals surface area contributed by atoms with Crippen molar-refractivity contribution in [3.8, 4) is 0 Å². The lowest BCUT2D eigenvalue weighted by atomic mass is 10.3. The van der Waals surface area contributed by atoms with Crippen molar-refractivity contribution in [3.63, 3.8) is 0 Å². The highest BCUT2D eigenvalue weighted by Gasteiger charge is 2.33. The Balaban J connectivity index is 1.92. The number of hydrogen-bond donors (Lipinski definition) is 1. The number of nitrogens with one attached hydrogen (secondary N) is 1. The maximum absolute atomic E-state index is 12.7. The molecule has 0 spiro atoms. The van der Waals surface area contributed by atoms with Crippen LogP contribution < -0.4 is 5.32 Å². The van der Waals surface area contributed by atoms with E-state index in [9.17, 15) is 18.0 Å². The Kier molecular flexibility index (Phi) is 7.12. The topological polar surface area (TPSA) is 71.3 Å². The fourth-order valence-corrected chi connectivity index (χ4v) is 3.51. The number of carbonyl (C=O) groups is 1. The van der Waals surface area contributed by atoms with Gasteiger partial charge in [0.2, 0.25) is 11.0 Å². The molecule has 0 saturated heterocycles. The smallest absolute Gasteiger partial charge is 0.406 e. The number of carbonyl (C=O) groups excluding carboxylic acids is 1. The Bertz CT molecular complexity index is 661. The van der Waals surface area contributed by atoms with Gasteiger partial charge >= 0.3 is 6.18 Å². The number of nitrogens with zero attached hydrogens (tertiary/aromatic N) is 3. The van der Waals surface area contributed by atoms with Crippen molar-refractivity contribution in [2.24, 2.45) is 0 Å². The predicted octanol–water partition coefficient (Wildman–Crippen LogP) is 3.64. The van der Waals surface area contributed by atoms with Gasteiger partial charge in [-0.3, -0.25) is 4.79 Å². The van der Waals surface area contributed by atoms with E-state index in [4.69, 9.17) is 4.42 Å². The van der Waals surface area contributed by atoms with Gasteiger partial charge in [0.1, 0.15) is 12.3 Å². The van der Waals surface area contributed by atoms with E-state index in [1.807, 2.05) is 6.92 Å². The summed E-state index contributed by atoms with van der Waals surface area (Å²) < 4.78 is 43.7. The van der Waals surface area contributed by atoms with Crippen LogP contribution in [0.15, 0.2) is 27.2 Å². The van der Waals surface area contributed by atoms with Crippen LogP contribution >= 0.6 is 23.1 Å². The van der Waals surface area contributed by atoms with E-state index in [0.29, 0.717) is 15.2 Å². The van der Waals surface area contributed by atoms with Crippen molar-refractivity contribution in [2.75, 3.05) is 24.2 Å². The Labute approximate surface area is 150 Å². The fraction of sp³-hybridized carbons (Fsp3) is 0.500. The van der Waals surface area contributed by atoms with Gasteiger partial charge in [0.25, 0.3) is 0 Å². The molecule has 25 heavy (non-hydrogen) atoms. The molecule has 0 radical (unpaired) electrons. The highest BCUT2D eigenvalue weighted by Crippen LogP contribution is 2.26. The number of halogens is 3. The molecule has 2 aromatic heterocycles. The van der Waals surface area contributed by atoms with Crippen LogP contribution in [0, 0.1) is 0 Å². The van der Waals surface area contributed by atoms with E-state index in [-0.39, 0.29) is 12.3 Å². The van der Waals surface area contributed by atoms with Crippen LogP contribution in [0.2, 0.25) is 0 Å². The molecular formula is C14H17F3N4O2S2. The maximum atomic E-state index is 12.7. The summed E-state index contributed by atoms with van der Waals surface area (Å²) in [5, 5.41) is 11.5. The molecule has 0 aliphatic carbocycles. The van der Waals surface area contributed by atoms with Gasteiger partial charge < -0.3 is 14.6 Å². The molecule has 2 heterocycles. The van der Waals surface area contributed by atoms with Gasteiger partial charge in [-0.25, -0.2) is 0 Å². The number of aromatic nitrogens is 2. The molecule has 0 fully saturated rings. The second-order valence-corrected chi connectivity index (χ2v) is 7.23. The van der Waals surface area contributed by atoms with Crippen molar-refractivity contribution in [1.82, 2.24) is 15.1 Å². The van der Waals surface area contributed by atoms with Crippen molar-refractivity contribution >= 4 is 34.1 Å². The van der Waals surface area contributed by atoms with Crippen LogP contribution in [0.4, 0.5) is 18.3 Å². The van der Waals surface area contributed by atoms with Crippen LogP contribution in [0.25, 0.3) is 0 Å². The minimum atomic E-state index is -4.48. The summed E-state index contributed by atoms with van der Waals surface area (Å²) in [6.07, 6.45) is -2.20. The normalized spacial score (nSPS) is 11.5. The molecule has 0 bridgehead atoms. The second kappa shape index (κ2) is 9.09. The van der Waals surface area contributed by atoms with Crippen LogP contribution in [-0.2, 0) is 11.3 Å².